The summed E-state index contributed by atoms with van der Waals surface area (Å²) < 4.78 is 31.5. The van der Waals surface area contributed by atoms with Crippen molar-refractivity contribution in [2.24, 2.45) is 5.10 Å². The van der Waals surface area contributed by atoms with E-state index in [2.05, 4.69) is 9.82 Å². The number of benzene rings is 1. The highest BCUT2D eigenvalue weighted by molar-refractivity contribution is 8.09. The molecule has 20 heavy (non-hydrogen) atoms. The standard InChI is InChI=1S/C12H17N3O4S/c1-9(16)12(13-15(2)3)20(17,18)14-10-5-7-11(19-4)8-6-10/h5-8,14H,1-4H3. The Labute approximate surface area is 118 Å². The monoisotopic (exact) mass is 299 g/mol. The lowest BCUT2D eigenvalue weighted by Crippen LogP contribution is -2.30. The average molecular weight is 299 g/mol. The summed E-state index contributed by atoms with van der Waals surface area (Å²) in [4.78, 5) is 11.4. The summed E-state index contributed by atoms with van der Waals surface area (Å²) in [7, 11) is 0.556. The smallest absolute Gasteiger partial charge is 0.284 e. The topological polar surface area (TPSA) is 88.1 Å². The van der Waals surface area contributed by atoms with Crippen LogP contribution < -0.4 is 9.46 Å². The van der Waals surface area contributed by atoms with Gasteiger partial charge < -0.3 is 9.75 Å². The number of rotatable bonds is 5. The molecule has 0 fully saturated rings. The number of nitrogens with zero attached hydrogens (tertiary/aromatic N) is 2. The number of methoxy groups -OCH3 is 1. The predicted octanol–water partition coefficient (Wildman–Crippen LogP) is 0.901. The SMILES string of the molecule is COc1ccc(NS(=O)(=O)C(=NN(C)C)C(C)=O)cc1. The highest BCUT2D eigenvalue weighted by Gasteiger charge is 2.24. The van der Waals surface area contributed by atoms with E-state index in [9.17, 15) is 13.2 Å². The van der Waals surface area contributed by atoms with E-state index in [-0.39, 0.29) is 0 Å². The van der Waals surface area contributed by atoms with Gasteiger partial charge in [-0.05, 0) is 24.3 Å². The maximum atomic E-state index is 12.1. The summed E-state index contributed by atoms with van der Waals surface area (Å²) >= 11 is 0. The van der Waals surface area contributed by atoms with Crippen LogP contribution in [-0.2, 0) is 14.8 Å². The van der Waals surface area contributed by atoms with E-state index in [1.807, 2.05) is 0 Å². The average Bonchev–Trinajstić information content (AvgIpc) is 2.35. The second-order valence-electron chi connectivity index (χ2n) is 4.14. The van der Waals surface area contributed by atoms with Gasteiger partial charge >= 0.3 is 0 Å². The van der Waals surface area contributed by atoms with Gasteiger partial charge in [0.1, 0.15) is 5.75 Å². The van der Waals surface area contributed by atoms with E-state index in [0.717, 1.165) is 6.92 Å². The molecule has 0 unspecified atom stereocenters. The Morgan fingerprint density at radius 2 is 1.80 bits per heavy atom. The van der Waals surface area contributed by atoms with Crippen molar-refractivity contribution < 1.29 is 17.9 Å². The fourth-order valence-electron chi connectivity index (χ4n) is 1.36. The van der Waals surface area contributed by atoms with Gasteiger partial charge in [-0.3, -0.25) is 9.52 Å². The van der Waals surface area contributed by atoms with Crippen LogP contribution >= 0.6 is 0 Å². The highest BCUT2D eigenvalue weighted by atomic mass is 32.2. The predicted molar refractivity (Wildman–Crippen MR) is 77.3 cm³/mol. The molecule has 0 aliphatic rings. The Balaban J connectivity index is 3.06. The number of sulfonamides is 1. The third-order valence-corrected chi connectivity index (χ3v) is 3.57. The fraction of sp³-hybridized carbons (Fsp3) is 0.333. The van der Waals surface area contributed by atoms with Gasteiger partial charge in [0.25, 0.3) is 10.0 Å². The molecule has 0 amide bonds. The number of hydrogen-bond acceptors (Lipinski definition) is 6. The van der Waals surface area contributed by atoms with Crippen LogP contribution in [0.4, 0.5) is 5.69 Å². The van der Waals surface area contributed by atoms with Crippen LogP contribution in [-0.4, -0.2) is 45.5 Å². The minimum absolute atomic E-state index is 0.318. The molecule has 1 rings (SSSR count). The molecule has 0 saturated carbocycles. The zero-order valence-corrected chi connectivity index (χ0v) is 12.6. The summed E-state index contributed by atoms with van der Waals surface area (Å²) in [6, 6.07) is 6.27. The lowest BCUT2D eigenvalue weighted by molar-refractivity contribution is -0.110. The lowest BCUT2D eigenvalue weighted by atomic mass is 10.3. The first-order valence-electron chi connectivity index (χ1n) is 5.70. The molecular weight excluding hydrogens is 282 g/mol. The van der Waals surface area contributed by atoms with E-state index in [0.29, 0.717) is 11.4 Å². The Kier molecular flexibility index (Phi) is 5.09. The molecule has 7 nitrogen and oxygen atoms in total. The van der Waals surface area contributed by atoms with Crippen LogP contribution in [0.3, 0.4) is 0 Å². The Morgan fingerprint density at radius 1 is 1.25 bits per heavy atom. The zero-order chi connectivity index (χ0) is 15.3. The van der Waals surface area contributed by atoms with Crippen molar-refractivity contribution in [1.29, 1.82) is 0 Å². The van der Waals surface area contributed by atoms with Crippen molar-refractivity contribution in [3.8, 4) is 5.75 Å². The highest BCUT2D eigenvalue weighted by Crippen LogP contribution is 2.16. The summed E-state index contributed by atoms with van der Waals surface area (Å²) in [5.74, 6) is -0.0404. The minimum atomic E-state index is -4.02. The van der Waals surface area contributed by atoms with Crippen molar-refractivity contribution in [2.75, 3.05) is 25.9 Å². The molecule has 0 spiro atoms. The molecule has 0 saturated heterocycles. The molecule has 0 aliphatic heterocycles. The van der Waals surface area contributed by atoms with Crippen LogP contribution in [0.2, 0.25) is 0 Å². The van der Waals surface area contributed by atoms with Crippen LogP contribution in [0.5, 0.6) is 5.75 Å². The Hall–Kier alpha value is -2.09. The van der Waals surface area contributed by atoms with Crippen molar-refractivity contribution in [3.05, 3.63) is 24.3 Å². The number of carbonyl (C=O) groups excluding carboxylic acids is 1. The number of hydrogen-bond donors (Lipinski definition) is 1. The molecule has 0 atom stereocenters. The number of ether oxygens (including phenoxy) is 1. The largest absolute Gasteiger partial charge is 0.497 e. The first kappa shape index (κ1) is 16.0. The second-order valence-corrected chi connectivity index (χ2v) is 5.74. The quantitative estimate of drug-likeness (QED) is 0.496. The molecule has 0 aliphatic carbocycles. The summed E-state index contributed by atoms with van der Waals surface area (Å²) in [5, 5.41) is 4.41. The molecule has 1 aromatic rings. The maximum absolute atomic E-state index is 12.1. The van der Waals surface area contributed by atoms with E-state index in [1.54, 1.807) is 12.1 Å². The van der Waals surface area contributed by atoms with Gasteiger partial charge in [-0.15, -0.1) is 0 Å². The first-order valence-corrected chi connectivity index (χ1v) is 7.18. The van der Waals surface area contributed by atoms with Crippen molar-refractivity contribution in [2.45, 2.75) is 6.92 Å². The number of nitrogens with one attached hydrogen (secondary N) is 1. The first-order chi connectivity index (χ1) is 9.26. The van der Waals surface area contributed by atoms with Crippen molar-refractivity contribution in [3.63, 3.8) is 0 Å². The molecule has 8 heteroatoms. The second kappa shape index (κ2) is 6.38. The van der Waals surface area contributed by atoms with E-state index in [1.165, 1.54) is 38.3 Å². The molecule has 1 aromatic carbocycles. The lowest BCUT2D eigenvalue weighted by Gasteiger charge is -2.11. The van der Waals surface area contributed by atoms with Gasteiger partial charge in [-0.2, -0.15) is 13.5 Å². The fourth-order valence-corrected chi connectivity index (χ4v) is 2.55. The van der Waals surface area contributed by atoms with Gasteiger partial charge in [0.2, 0.25) is 5.04 Å². The number of carbonyl (C=O) groups is 1. The Bertz CT molecular complexity index is 606. The number of Topliss-reactive ketones (excluding diaryl/α,β-unsaturated/α-hetero) is 1. The summed E-state index contributed by atoms with van der Waals surface area (Å²) in [6.45, 7) is 1.15. The summed E-state index contributed by atoms with van der Waals surface area (Å²) in [6.07, 6.45) is 0. The maximum Gasteiger partial charge on any atom is 0.284 e. The normalized spacial score (nSPS) is 11.9. The van der Waals surface area contributed by atoms with E-state index in [4.69, 9.17) is 4.74 Å². The minimum Gasteiger partial charge on any atom is -0.497 e. The van der Waals surface area contributed by atoms with Crippen LogP contribution in [0.15, 0.2) is 29.4 Å². The molecular formula is C12H17N3O4S. The van der Waals surface area contributed by atoms with Gasteiger partial charge in [-0.25, -0.2) is 0 Å². The van der Waals surface area contributed by atoms with Gasteiger partial charge in [0, 0.05) is 26.7 Å². The van der Waals surface area contributed by atoms with E-state index < -0.39 is 20.9 Å². The molecule has 1 N–H and O–H groups in total. The third kappa shape index (κ3) is 4.23. The zero-order valence-electron chi connectivity index (χ0n) is 11.7. The number of anilines is 1. The van der Waals surface area contributed by atoms with Gasteiger partial charge in [0.15, 0.2) is 5.78 Å². The van der Waals surface area contributed by atoms with Crippen LogP contribution in [0.1, 0.15) is 6.92 Å². The Morgan fingerprint density at radius 3 is 2.20 bits per heavy atom. The molecule has 0 heterocycles. The van der Waals surface area contributed by atoms with Gasteiger partial charge in [0.05, 0.1) is 7.11 Å². The summed E-state index contributed by atoms with van der Waals surface area (Å²) in [5.41, 5.74) is 0.318. The molecule has 0 bridgehead atoms. The van der Waals surface area contributed by atoms with Crippen LogP contribution in [0, 0.1) is 0 Å². The van der Waals surface area contributed by atoms with Gasteiger partial charge in [-0.1, -0.05) is 0 Å². The van der Waals surface area contributed by atoms with Crippen molar-refractivity contribution in [1.82, 2.24) is 5.01 Å². The molecule has 0 radical (unpaired) electrons. The number of ketones is 1. The molecule has 0 aromatic heterocycles. The third-order valence-electron chi connectivity index (χ3n) is 2.19. The molecule has 110 valence electrons. The van der Waals surface area contributed by atoms with Crippen LogP contribution in [0.25, 0.3) is 0 Å². The van der Waals surface area contributed by atoms with Crippen molar-refractivity contribution >= 4 is 26.5 Å². The number of hydrazone groups is 1. The van der Waals surface area contributed by atoms with E-state index >= 15 is 0 Å².